The average molecular weight is 597 g/mol. The van der Waals surface area contributed by atoms with Crippen LogP contribution in [0.2, 0.25) is 0 Å². The third kappa shape index (κ3) is 5.56. The molecule has 43 heavy (non-hydrogen) atoms. The minimum atomic E-state index is -4.85. The number of aryl methyl sites for hydroxylation is 1. The molecular formula is C31H28F4N4O4. The van der Waals surface area contributed by atoms with Crippen LogP contribution in [0.4, 0.5) is 17.6 Å². The lowest BCUT2D eigenvalue weighted by molar-refractivity contribution is -0.149. The van der Waals surface area contributed by atoms with Crippen molar-refractivity contribution in [2.75, 3.05) is 20.3 Å². The van der Waals surface area contributed by atoms with Gasteiger partial charge in [0.25, 0.3) is 5.91 Å². The molecule has 0 bridgehead atoms. The zero-order valence-electron chi connectivity index (χ0n) is 23.5. The predicted octanol–water partition coefficient (Wildman–Crippen LogP) is 5.22. The number of primary amides is 1. The fraction of sp³-hybridized carbons (Fsp3) is 0.290. The van der Waals surface area contributed by atoms with Crippen LogP contribution in [-0.2, 0) is 16.6 Å². The second-order valence-corrected chi connectivity index (χ2v) is 10.5. The lowest BCUT2D eigenvalue weighted by Crippen LogP contribution is -2.40. The largest absolute Gasteiger partial charge is 0.494 e. The van der Waals surface area contributed by atoms with Gasteiger partial charge in [-0.05, 0) is 61.9 Å². The van der Waals surface area contributed by atoms with E-state index in [4.69, 9.17) is 15.2 Å². The first kappa shape index (κ1) is 29.7. The molecule has 0 aliphatic carbocycles. The predicted molar refractivity (Wildman–Crippen MR) is 150 cm³/mol. The SMILES string of the molecule is CCc1ccc2cc(C(=O)NC[C@H](c3cc4c(c(-c5ccc(F)cc5)n3)OC[C@]4(C)C(N)=O)C(F)(F)F)cc(OC)c2n1. The van der Waals surface area contributed by atoms with Gasteiger partial charge in [0.1, 0.15) is 46.5 Å². The van der Waals surface area contributed by atoms with E-state index in [-0.39, 0.29) is 34.7 Å². The van der Waals surface area contributed by atoms with Crippen molar-refractivity contribution in [3.05, 3.63) is 82.9 Å². The summed E-state index contributed by atoms with van der Waals surface area (Å²) in [6, 6.07) is 12.6. The van der Waals surface area contributed by atoms with E-state index in [1.54, 1.807) is 12.1 Å². The number of rotatable bonds is 8. The molecule has 5 rings (SSSR count). The maximum Gasteiger partial charge on any atom is 0.398 e. The van der Waals surface area contributed by atoms with Crippen molar-refractivity contribution in [2.45, 2.75) is 37.8 Å². The maximum absolute atomic E-state index is 14.6. The topological polar surface area (TPSA) is 116 Å². The Morgan fingerprint density at radius 3 is 2.47 bits per heavy atom. The van der Waals surface area contributed by atoms with Gasteiger partial charge < -0.3 is 20.5 Å². The second-order valence-electron chi connectivity index (χ2n) is 10.5. The van der Waals surface area contributed by atoms with Crippen LogP contribution in [-0.4, -0.2) is 48.2 Å². The quantitative estimate of drug-likeness (QED) is 0.270. The Morgan fingerprint density at radius 1 is 1.12 bits per heavy atom. The highest BCUT2D eigenvalue weighted by Crippen LogP contribution is 2.46. The molecule has 0 fully saturated rings. The van der Waals surface area contributed by atoms with E-state index >= 15 is 0 Å². The molecule has 4 aromatic rings. The van der Waals surface area contributed by atoms with Gasteiger partial charge in [0, 0.05) is 34.3 Å². The van der Waals surface area contributed by atoms with E-state index in [9.17, 15) is 27.2 Å². The highest BCUT2D eigenvalue weighted by Gasteiger charge is 2.47. The Morgan fingerprint density at radius 2 is 1.84 bits per heavy atom. The number of nitrogens with two attached hydrogens (primary N) is 1. The van der Waals surface area contributed by atoms with Gasteiger partial charge in [-0.1, -0.05) is 13.0 Å². The number of aromatic nitrogens is 2. The smallest absolute Gasteiger partial charge is 0.398 e. The van der Waals surface area contributed by atoms with E-state index in [0.29, 0.717) is 23.1 Å². The number of alkyl halides is 3. The molecule has 2 atom stereocenters. The Hall–Kier alpha value is -4.74. The van der Waals surface area contributed by atoms with Crippen molar-refractivity contribution in [3.63, 3.8) is 0 Å². The Labute approximate surface area is 244 Å². The molecule has 1 aliphatic rings. The van der Waals surface area contributed by atoms with Gasteiger partial charge in [0.15, 0.2) is 0 Å². The summed E-state index contributed by atoms with van der Waals surface area (Å²) in [6.07, 6.45) is -4.16. The number of pyridine rings is 2. The first-order chi connectivity index (χ1) is 20.3. The summed E-state index contributed by atoms with van der Waals surface area (Å²) in [5, 5.41) is 2.96. The third-order valence-electron chi connectivity index (χ3n) is 7.63. The normalized spacial score (nSPS) is 16.8. The number of nitrogens with one attached hydrogen (secondary N) is 1. The molecule has 224 valence electrons. The van der Waals surface area contributed by atoms with Crippen molar-refractivity contribution < 1.29 is 36.6 Å². The summed E-state index contributed by atoms with van der Waals surface area (Å²) >= 11 is 0. The van der Waals surface area contributed by atoms with Crippen molar-refractivity contribution in [1.29, 1.82) is 0 Å². The molecule has 2 aromatic carbocycles. The number of nitrogens with zero attached hydrogens (tertiary/aromatic N) is 2. The van der Waals surface area contributed by atoms with Crippen molar-refractivity contribution in [2.24, 2.45) is 5.73 Å². The van der Waals surface area contributed by atoms with Crippen LogP contribution < -0.4 is 20.5 Å². The number of hydrogen-bond donors (Lipinski definition) is 2. The molecule has 3 heterocycles. The summed E-state index contributed by atoms with van der Waals surface area (Å²) in [4.78, 5) is 34.3. The molecule has 8 nitrogen and oxygen atoms in total. The van der Waals surface area contributed by atoms with Gasteiger partial charge in [0.05, 0.1) is 12.8 Å². The van der Waals surface area contributed by atoms with Crippen LogP contribution >= 0.6 is 0 Å². The van der Waals surface area contributed by atoms with Gasteiger partial charge in [-0.2, -0.15) is 13.2 Å². The standard InChI is InChI=1S/C31H28F4N4O4/c1-4-20-10-7-17-11-18(12-24(42-3)25(17)38-20)28(40)37-14-22(31(33,34)35)23-13-21-27(43-15-30(21,2)29(36)41)26(39-23)16-5-8-19(32)9-6-16/h5-13,22H,4,14-15H2,1-3H3,(H2,36,41)(H,37,40)/t22-,30+/m1/s1. The molecule has 1 aliphatic heterocycles. The number of methoxy groups -OCH3 is 1. The molecule has 0 unspecified atom stereocenters. The number of fused-ring (bicyclic) bond motifs is 2. The Kier molecular flexibility index (Phi) is 7.72. The summed E-state index contributed by atoms with van der Waals surface area (Å²) < 4.78 is 68.4. The first-order valence-electron chi connectivity index (χ1n) is 13.4. The van der Waals surface area contributed by atoms with Crippen molar-refractivity contribution in [1.82, 2.24) is 15.3 Å². The van der Waals surface area contributed by atoms with Crippen LogP contribution in [0, 0.1) is 5.82 Å². The summed E-state index contributed by atoms with van der Waals surface area (Å²) in [7, 11) is 1.41. The molecular weight excluding hydrogens is 568 g/mol. The van der Waals surface area contributed by atoms with Crippen LogP contribution in [0.3, 0.4) is 0 Å². The molecule has 0 radical (unpaired) electrons. The highest BCUT2D eigenvalue weighted by molar-refractivity contribution is 6.00. The van der Waals surface area contributed by atoms with Crippen molar-refractivity contribution in [3.8, 4) is 22.8 Å². The molecule has 12 heteroatoms. The van der Waals surface area contributed by atoms with E-state index in [0.717, 1.165) is 23.9 Å². The zero-order chi connectivity index (χ0) is 31.1. The van der Waals surface area contributed by atoms with E-state index in [1.165, 1.54) is 38.3 Å². The molecule has 0 saturated carbocycles. The molecule has 2 amide bonds. The monoisotopic (exact) mass is 596 g/mol. The van der Waals surface area contributed by atoms with Gasteiger partial charge >= 0.3 is 6.18 Å². The summed E-state index contributed by atoms with van der Waals surface area (Å²) in [6.45, 7) is 2.34. The first-order valence-corrected chi connectivity index (χ1v) is 13.4. The Bertz CT molecular complexity index is 1730. The maximum atomic E-state index is 14.6. The number of amides is 2. The van der Waals surface area contributed by atoms with Crippen LogP contribution in [0.1, 0.15) is 47.1 Å². The second kappa shape index (κ2) is 11.2. The Balaban J connectivity index is 1.53. The van der Waals surface area contributed by atoms with Gasteiger partial charge in [-0.15, -0.1) is 0 Å². The van der Waals surface area contributed by atoms with Gasteiger partial charge in [0.2, 0.25) is 5.91 Å². The number of benzene rings is 2. The summed E-state index contributed by atoms with van der Waals surface area (Å²) in [5.74, 6) is -3.99. The zero-order valence-corrected chi connectivity index (χ0v) is 23.5. The van der Waals surface area contributed by atoms with Gasteiger partial charge in [-0.25, -0.2) is 14.4 Å². The number of halogens is 4. The van der Waals surface area contributed by atoms with E-state index in [1.807, 2.05) is 6.92 Å². The number of carbonyl (C=O) groups is 2. The molecule has 2 aromatic heterocycles. The molecule has 0 saturated heterocycles. The van der Waals surface area contributed by atoms with E-state index < -0.39 is 47.4 Å². The van der Waals surface area contributed by atoms with Gasteiger partial charge in [-0.3, -0.25) is 9.59 Å². The fourth-order valence-corrected chi connectivity index (χ4v) is 5.00. The number of ether oxygens (including phenoxy) is 2. The molecule has 0 spiro atoms. The lowest BCUT2D eigenvalue weighted by Gasteiger charge is -2.24. The molecule has 3 N–H and O–H groups in total. The third-order valence-corrected chi connectivity index (χ3v) is 7.63. The lowest BCUT2D eigenvalue weighted by atomic mass is 9.82. The minimum absolute atomic E-state index is 0.00346. The minimum Gasteiger partial charge on any atom is -0.494 e. The number of hydrogen-bond acceptors (Lipinski definition) is 6. The summed E-state index contributed by atoms with van der Waals surface area (Å²) in [5.41, 5.74) is 5.56. The van der Waals surface area contributed by atoms with Crippen molar-refractivity contribution >= 4 is 22.7 Å². The average Bonchev–Trinajstić information content (AvgIpc) is 3.33. The van der Waals surface area contributed by atoms with Crippen LogP contribution in [0.5, 0.6) is 11.5 Å². The fourth-order valence-electron chi connectivity index (χ4n) is 5.00. The van der Waals surface area contributed by atoms with E-state index in [2.05, 4.69) is 15.3 Å². The van der Waals surface area contributed by atoms with Crippen LogP contribution in [0.25, 0.3) is 22.2 Å². The number of carbonyl (C=O) groups excluding carboxylic acids is 2. The van der Waals surface area contributed by atoms with Crippen LogP contribution in [0.15, 0.2) is 54.6 Å². The highest BCUT2D eigenvalue weighted by atomic mass is 19.4.